The lowest BCUT2D eigenvalue weighted by Gasteiger charge is -2.12. The maximum absolute atomic E-state index is 10.8. The summed E-state index contributed by atoms with van der Waals surface area (Å²) in [4.78, 5) is 22.9. The largest absolute Gasteiger partial charge is 0.382 e. The molecule has 0 aromatic heterocycles. The lowest BCUT2D eigenvalue weighted by molar-refractivity contribution is -0.122. The number of carbonyl (C=O) groups excluding carboxylic acids is 2. The van der Waals surface area contributed by atoms with Crippen molar-refractivity contribution in [2.75, 3.05) is 20.2 Å². The van der Waals surface area contributed by atoms with Gasteiger partial charge in [-0.1, -0.05) is 13.8 Å². The van der Waals surface area contributed by atoms with Crippen LogP contribution < -0.4 is 5.73 Å². The predicted octanol–water partition coefficient (Wildman–Crippen LogP) is 1.80. The van der Waals surface area contributed by atoms with E-state index in [1.54, 1.807) is 12.0 Å². The van der Waals surface area contributed by atoms with E-state index in [9.17, 15) is 9.59 Å². The van der Waals surface area contributed by atoms with Crippen molar-refractivity contribution in [2.45, 2.75) is 53.1 Å². The molecule has 0 aromatic rings. The van der Waals surface area contributed by atoms with E-state index in [2.05, 4.69) is 0 Å². The van der Waals surface area contributed by atoms with Gasteiger partial charge in [-0.25, -0.2) is 0 Å². The summed E-state index contributed by atoms with van der Waals surface area (Å²) in [6, 6.07) is 0. The van der Waals surface area contributed by atoms with Crippen molar-refractivity contribution in [1.82, 2.24) is 4.90 Å². The third-order valence-electron chi connectivity index (χ3n) is 2.79. The van der Waals surface area contributed by atoms with E-state index >= 15 is 0 Å². The van der Waals surface area contributed by atoms with Crippen molar-refractivity contribution >= 4 is 12.3 Å². The van der Waals surface area contributed by atoms with E-state index in [4.69, 9.17) is 10.5 Å². The third-order valence-corrected chi connectivity index (χ3v) is 2.79. The summed E-state index contributed by atoms with van der Waals surface area (Å²) in [5.41, 5.74) is 5.18. The number of nitrogens with two attached hydrogens (primary N) is 1. The molecule has 114 valence electrons. The zero-order valence-electron chi connectivity index (χ0n) is 13.0. The Balaban J connectivity index is 0. The molecule has 1 heterocycles. The highest BCUT2D eigenvalue weighted by Crippen LogP contribution is 2.15. The molecule has 5 heteroatoms. The Kier molecular flexibility index (Phi) is 14.2. The van der Waals surface area contributed by atoms with Gasteiger partial charge in [0, 0.05) is 26.1 Å². The average molecular weight is 274 g/mol. The highest BCUT2D eigenvalue weighted by atomic mass is 16.5. The maximum atomic E-state index is 10.8. The number of methoxy groups -OCH3 is 1. The Bertz CT molecular complexity index is 233. The number of nitrogens with zero attached hydrogens (tertiary/aromatic N) is 1. The van der Waals surface area contributed by atoms with Crippen LogP contribution in [0.4, 0.5) is 0 Å². The highest BCUT2D eigenvalue weighted by molar-refractivity contribution is 5.76. The first-order valence-electron chi connectivity index (χ1n) is 7.02. The molecule has 1 rings (SSSR count). The van der Waals surface area contributed by atoms with Crippen molar-refractivity contribution in [3.63, 3.8) is 0 Å². The molecular formula is C14H30N2O3. The smallest absolute Gasteiger partial charge is 0.220 e. The van der Waals surface area contributed by atoms with E-state index in [-0.39, 0.29) is 11.8 Å². The maximum Gasteiger partial charge on any atom is 0.220 e. The van der Waals surface area contributed by atoms with Crippen molar-refractivity contribution in [2.24, 2.45) is 11.7 Å². The second-order valence-corrected chi connectivity index (χ2v) is 4.46. The van der Waals surface area contributed by atoms with Crippen LogP contribution in [0.25, 0.3) is 0 Å². The number of carbonyl (C=O) groups is 2. The molecule has 1 atom stereocenters. The van der Waals surface area contributed by atoms with Gasteiger partial charge in [-0.2, -0.15) is 0 Å². The minimum atomic E-state index is -0.234. The van der Waals surface area contributed by atoms with Crippen LogP contribution in [0.2, 0.25) is 0 Å². The van der Waals surface area contributed by atoms with E-state index in [1.165, 1.54) is 0 Å². The number of hydrogen-bond acceptors (Lipinski definition) is 3. The van der Waals surface area contributed by atoms with Crippen LogP contribution in [0.15, 0.2) is 0 Å². The van der Waals surface area contributed by atoms with Crippen molar-refractivity contribution in [3.05, 3.63) is 0 Å². The van der Waals surface area contributed by atoms with E-state index in [0.29, 0.717) is 19.1 Å². The summed E-state index contributed by atoms with van der Waals surface area (Å²) < 4.78 is 4.75. The normalized spacial score (nSPS) is 18.4. The molecule has 1 aliphatic rings. The topological polar surface area (TPSA) is 72.6 Å². The molecule has 0 saturated carbocycles. The first-order chi connectivity index (χ1) is 9.01. The lowest BCUT2D eigenvalue weighted by atomic mass is 10.0. The van der Waals surface area contributed by atoms with E-state index in [0.717, 1.165) is 25.8 Å². The molecule has 1 saturated heterocycles. The average Bonchev–Trinajstić information content (AvgIpc) is 2.67. The number of ether oxygens (including phenoxy) is 1. The van der Waals surface area contributed by atoms with Gasteiger partial charge in [0.05, 0.1) is 6.10 Å². The zero-order valence-corrected chi connectivity index (χ0v) is 13.0. The van der Waals surface area contributed by atoms with Crippen LogP contribution in [0.3, 0.4) is 0 Å². The third kappa shape index (κ3) is 11.7. The van der Waals surface area contributed by atoms with Gasteiger partial charge < -0.3 is 15.4 Å². The first kappa shape index (κ1) is 20.2. The fourth-order valence-corrected chi connectivity index (χ4v) is 1.51. The number of likely N-dealkylation sites (tertiary alicyclic amines) is 1. The number of amides is 2. The Hall–Kier alpha value is -1.10. The summed E-state index contributed by atoms with van der Waals surface area (Å²) in [7, 11) is 1.70. The van der Waals surface area contributed by atoms with Gasteiger partial charge in [0.15, 0.2) is 0 Å². The molecule has 19 heavy (non-hydrogen) atoms. The SMILES string of the molecule is CC.COC(C)C.NC(=O)C1CCCN(C=O)CC1. The molecule has 1 aliphatic heterocycles. The van der Waals surface area contributed by atoms with Gasteiger partial charge in [0.1, 0.15) is 0 Å². The number of rotatable bonds is 3. The molecular weight excluding hydrogens is 244 g/mol. The lowest BCUT2D eigenvalue weighted by Crippen LogP contribution is -2.26. The molecule has 2 amide bonds. The van der Waals surface area contributed by atoms with Crippen LogP contribution in [0.5, 0.6) is 0 Å². The van der Waals surface area contributed by atoms with Crippen molar-refractivity contribution < 1.29 is 14.3 Å². The van der Waals surface area contributed by atoms with Gasteiger partial charge in [0.25, 0.3) is 0 Å². The highest BCUT2D eigenvalue weighted by Gasteiger charge is 2.19. The Morgan fingerprint density at radius 1 is 1.32 bits per heavy atom. The Morgan fingerprint density at radius 3 is 2.21 bits per heavy atom. The van der Waals surface area contributed by atoms with Gasteiger partial charge >= 0.3 is 0 Å². The van der Waals surface area contributed by atoms with Gasteiger partial charge in [-0.15, -0.1) is 0 Å². The van der Waals surface area contributed by atoms with Crippen LogP contribution >= 0.6 is 0 Å². The fourth-order valence-electron chi connectivity index (χ4n) is 1.51. The molecule has 2 N–H and O–H groups in total. The standard InChI is InChI=1S/C8H14N2O2.C4H10O.C2H6/c9-8(12)7-2-1-4-10(6-11)5-3-7;1-4(2)5-3;1-2/h6-7H,1-5H2,(H2,9,12);4H,1-3H3;1-2H3. The second-order valence-electron chi connectivity index (χ2n) is 4.46. The van der Waals surface area contributed by atoms with Gasteiger partial charge in [-0.05, 0) is 33.1 Å². The Morgan fingerprint density at radius 2 is 1.84 bits per heavy atom. The van der Waals surface area contributed by atoms with E-state index < -0.39 is 0 Å². The quantitative estimate of drug-likeness (QED) is 0.798. The molecule has 0 radical (unpaired) electrons. The predicted molar refractivity (Wildman–Crippen MR) is 77.7 cm³/mol. The minimum Gasteiger partial charge on any atom is -0.382 e. The fraction of sp³-hybridized carbons (Fsp3) is 0.857. The summed E-state index contributed by atoms with van der Waals surface area (Å²) in [5, 5.41) is 0. The summed E-state index contributed by atoms with van der Waals surface area (Å²) in [6.07, 6.45) is 3.64. The van der Waals surface area contributed by atoms with Crippen molar-refractivity contribution in [1.29, 1.82) is 0 Å². The number of primary amides is 1. The van der Waals surface area contributed by atoms with E-state index in [1.807, 2.05) is 27.7 Å². The van der Waals surface area contributed by atoms with Crippen LogP contribution in [-0.4, -0.2) is 43.5 Å². The Labute approximate surface area is 117 Å². The molecule has 0 aromatic carbocycles. The van der Waals surface area contributed by atoms with Crippen LogP contribution in [-0.2, 0) is 14.3 Å². The minimum absolute atomic E-state index is 0.0325. The molecule has 1 fully saturated rings. The summed E-state index contributed by atoms with van der Waals surface area (Å²) in [6.45, 7) is 9.42. The van der Waals surface area contributed by atoms with Gasteiger partial charge in [0.2, 0.25) is 12.3 Å². The zero-order chi connectivity index (χ0) is 15.3. The molecule has 0 aliphatic carbocycles. The van der Waals surface area contributed by atoms with Gasteiger partial charge in [-0.3, -0.25) is 9.59 Å². The van der Waals surface area contributed by atoms with Crippen LogP contribution in [0, 0.1) is 5.92 Å². The monoisotopic (exact) mass is 274 g/mol. The summed E-state index contributed by atoms with van der Waals surface area (Å²) in [5.74, 6) is -0.266. The molecule has 1 unspecified atom stereocenters. The summed E-state index contributed by atoms with van der Waals surface area (Å²) >= 11 is 0. The second kappa shape index (κ2) is 13.3. The molecule has 0 bridgehead atoms. The number of hydrogen-bond donors (Lipinski definition) is 1. The first-order valence-corrected chi connectivity index (χ1v) is 7.02. The molecule has 0 spiro atoms. The molecule has 5 nitrogen and oxygen atoms in total. The van der Waals surface area contributed by atoms with Crippen molar-refractivity contribution in [3.8, 4) is 0 Å². The van der Waals surface area contributed by atoms with Crippen LogP contribution in [0.1, 0.15) is 47.0 Å².